The van der Waals surface area contributed by atoms with E-state index in [1.807, 2.05) is 30.3 Å². The number of benzene rings is 2. The van der Waals surface area contributed by atoms with Gasteiger partial charge in [0.05, 0.1) is 23.9 Å². The van der Waals surface area contributed by atoms with Gasteiger partial charge in [0.1, 0.15) is 17.1 Å². The molecular formula is C19H16N4O4. The number of carbonyl (C=O) groups excluding carboxylic acids is 1. The van der Waals surface area contributed by atoms with Gasteiger partial charge in [-0.25, -0.2) is 4.98 Å². The van der Waals surface area contributed by atoms with Crippen LogP contribution in [0.4, 0.5) is 22.9 Å². The highest BCUT2D eigenvalue weighted by Gasteiger charge is 2.21. The van der Waals surface area contributed by atoms with E-state index in [2.05, 4.69) is 15.6 Å². The molecule has 3 rings (SSSR count). The second-order valence-corrected chi connectivity index (χ2v) is 5.52. The zero-order valence-corrected chi connectivity index (χ0v) is 14.4. The Balaban J connectivity index is 1.75. The van der Waals surface area contributed by atoms with E-state index in [1.54, 1.807) is 12.1 Å². The molecule has 0 unspecified atom stereocenters. The third kappa shape index (κ3) is 4.37. The molecule has 0 spiro atoms. The molecule has 1 heterocycles. The highest BCUT2D eigenvalue weighted by Crippen LogP contribution is 2.25. The number of hydrogen-bond acceptors (Lipinski definition) is 6. The first-order valence-electron chi connectivity index (χ1n) is 7.99. The van der Waals surface area contributed by atoms with Gasteiger partial charge in [0.15, 0.2) is 0 Å². The molecule has 0 bridgehead atoms. The molecule has 0 saturated heterocycles. The van der Waals surface area contributed by atoms with Gasteiger partial charge in [-0.1, -0.05) is 18.2 Å². The molecule has 136 valence electrons. The van der Waals surface area contributed by atoms with Crippen LogP contribution in [-0.2, 0) is 0 Å². The van der Waals surface area contributed by atoms with Crippen LogP contribution in [0.3, 0.4) is 0 Å². The first-order chi connectivity index (χ1) is 13.1. The number of nitro groups is 1. The van der Waals surface area contributed by atoms with Crippen molar-refractivity contribution in [3.05, 3.63) is 82.5 Å². The van der Waals surface area contributed by atoms with E-state index >= 15 is 0 Å². The minimum absolute atomic E-state index is 0.0918. The van der Waals surface area contributed by atoms with Crippen LogP contribution < -0.4 is 15.4 Å². The normalized spacial score (nSPS) is 10.1. The average Bonchev–Trinajstić information content (AvgIpc) is 2.69. The number of amides is 1. The van der Waals surface area contributed by atoms with E-state index in [1.165, 1.54) is 31.5 Å². The largest absolute Gasteiger partial charge is 0.497 e. The number of nitro benzene ring substituents is 1. The second-order valence-electron chi connectivity index (χ2n) is 5.52. The fourth-order valence-corrected chi connectivity index (χ4v) is 2.39. The molecule has 0 aliphatic carbocycles. The van der Waals surface area contributed by atoms with Gasteiger partial charge >= 0.3 is 0 Å². The third-order valence-corrected chi connectivity index (χ3v) is 3.71. The van der Waals surface area contributed by atoms with Gasteiger partial charge in [-0.2, -0.15) is 0 Å². The summed E-state index contributed by atoms with van der Waals surface area (Å²) in [6.45, 7) is 0. The van der Waals surface area contributed by atoms with Gasteiger partial charge in [-0.05, 0) is 36.4 Å². The lowest BCUT2D eigenvalue weighted by Crippen LogP contribution is -2.14. The van der Waals surface area contributed by atoms with E-state index in [0.29, 0.717) is 17.3 Å². The van der Waals surface area contributed by atoms with Gasteiger partial charge in [0.25, 0.3) is 11.6 Å². The zero-order valence-electron chi connectivity index (χ0n) is 14.4. The smallest absolute Gasteiger partial charge is 0.282 e. The number of para-hydroxylation sites is 1. The van der Waals surface area contributed by atoms with Crippen molar-refractivity contribution in [3.8, 4) is 5.75 Å². The molecular weight excluding hydrogens is 348 g/mol. The minimum atomic E-state index is -0.619. The van der Waals surface area contributed by atoms with Crippen molar-refractivity contribution in [1.29, 1.82) is 0 Å². The highest BCUT2D eigenvalue weighted by molar-refractivity contribution is 6.07. The van der Waals surface area contributed by atoms with Gasteiger partial charge in [-0.15, -0.1) is 0 Å². The first-order valence-corrected chi connectivity index (χ1v) is 7.99. The van der Waals surface area contributed by atoms with Crippen LogP contribution >= 0.6 is 0 Å². The van der Waals surface area contributed by atoms with E-state index in [4.69, 9.17) is 4.74 Å². The number of rotatable bonds is 6. The summed E-state index contributed by atoms with van der Waals surface area (Å²) in [5.41, 5.74) is 0.902. The van der Waals surface area contributed by atoms with Gasteiger partial charge in [-0.3, -0.25) is 14.9 Å². The molecule has 0 aliphatic rings. The van der Waals surface area contributed by atoms with Gasteiger partial charge in [0, 0.05) is 11.8 Å². The average molecular weight is 364 g/mol. The zero-order chi connectivity index (χ0) is 19.2. The Morgan fingerprint density at radius 3 is 2.48 bits per heavy atom. The number of ether oxygens (including phenoxy) is 1. The number of anilines is 3. The van der Waals surface area contributed by atoms with Crippen LogP contribution in [0.5, 0.6) is 5.75 Å². The third-order valence-electron chi connectivity index (χ3n) is 3.71. The van der Waals surface area contributed by atoms with Crippen molar-refractivity contribution in [2.45, 2.75) is 0 Å². The lowest BCUT2D eigenvalue weighted by Gasteiger charge is -2.09. The van der Waals surface area contributed by atoms with Crippen LogP contribution in [0.2, 0.25) is 0 Å². The van der Waals surface area contributed by atoms with E-state index in [9.17, 15) is 14.9 Å². The van der Waals surface area contributed by atoms with Gasteiger partial charge < -0.3 is 15.4 Å². The SMILES string of the molecule is COc1ccc([N+](=O)[O-])c(C(=O)Nc2ccc(Nc3ccccc3)nc2)c1. The Morgan fingerprint density at radius 1 is 1.07 bits per heavy atom. The molecule has 0 atom stereocenters. The topological polar surface area (TPSA) is 106 Å². The maximum atomic E-state index is 12.5. The minimum Gasteiger partial charge on any atom is -0.497 e. The van der Waals surface area contributed by atoms with E-state index < -0.39 is 10.8 Å². The molecule has 8 nitrogen and oxygen atoms in total. The van der Waals surface area contributed by atoms with Crippen molar-refractivity contribution in [2.24, 2.45) is 0 Å². The van der Waals surface area contributed by atoms with Crippen LogP contribution in [0.1, 0.15) is 10.4 Å². The number of aromatic nitrogens is 1. The molecule has 0 fully saturated rings. The fourth-order valence-electron chi connectivity index (χ4n) is 2.39. The summed E-state index contributed by atoms with van der Waals surface area (Å²) in [7, 11) is 1.42. The molecule has 2 aromatic carbocycles. The van der Waals surface area contributed by atoms with Crippen molar-refractivity contribution < 1.29 is 14.5 Å². The Hall–Kier alpha value is -3.94. The van der Waals surface area contributed by atoms with Crippen LogP contribution in [0, 0.1) is 10.1 Å². The maximum Gasteiger partial charge on any atom is 0.282 e. The number of methoxy groups -OCH3 is 1. The Kier molecular flexibility index (Phi) is 5.27. The molecule has 0 radical (unpaired) electrons. The van der Waals surface area contributed by atoms with Crippen LogP contribution in [0.25, 0.3) is 0 Å². The number of pyridine rings is 1. The summed E-state index contributed by atoms with van der Waals surface area (Å²) >= 11 is 0. The molecule has 1 amide bonds. The second kappa shape index (κ2) is 7.96. The van der Waals surface area contributed by atoms with E-state index in [-0.39, 0.29) is 11.3 Å². The summed E-state index contributed by atoms with van der Waals surface area (Å²) in [5.74, 6) is 0.337. The van der Waals surface area contributed by atoms with E-state index in [0.717, 1.165) is 5.69 Å². The predicted molar refractivity (Wildman–Crippen MR) is 102 cm³/mol. The fraction of sp³-hybridized carbons (Fsp3) is 0.0526. The first kappa shape index (κ1) is 17.9. The van der Waals surface area contributed by atoms with Gasteiger partial charge in [0.2, 0.25) is 0 Å². The summed E-state index contributed by atoms with van der Waals surface area (Å²) in [6, 6.07) is 16.9. The predicted octanol–water partition coefficient (Wildman–Crippen LogP) is 3.99. The highest BCUT2D eigenvalue weighted by atomic mass is 16.6. The van der Waals surface area contributed by atoms with Crippen LogP contribution in [-0.4, -0.2) is 22.9 Å². The molecule has 1 aromatic heterocycles. The summed E-state index contributed by atoms with van der Waals surface area (Å²) < 4.78 is 5.04. The van der Waals surface area contributed by atoms with Crippen LogP contribution in [0.15, 0.2) is 66.9 Å². The number of nitrogens with zero attached hydrogens (tertiary/aromatic N) is 2. The van der Waals surface area contributed by atoms with Crippen molar-refractivity contribution >= 4 is 28.8 Å². The van der Waals surface area contributed by atoms with Crippen molar-refractivity contribution in [1.82, 2.24) is 4.98 Å². The standard InChI is InChI=1S/C19H16N4O4/c1-27-15-8-9-17(23(25)26)16(11-15)19(24)22-14-7-10-18(20-12-14)21-13-5-3-2-4-6-13/h2-12H,1H3,(H,20,21)(H,22,24). The number of hydrogen-bond donors (Lipinski definition) is 2. The Morgan fingerprint density at radius 2 is 1.85 bits per heavy atom. The van der Waals surface area contributed by atoms with Crippen molar-refractivity contribution in [2.75, 3.05) is 17.7 Å². The Labute approximate surface area is 155 Å². The monoisotopic (exact) mass is 364 g/mol. The molecule has 3 aromatic rings. The quantitative estimate of drug-likeness (QED) is 0.506. The molecule has 0 saturated carbocycles. The molecule has 27 heavy (non-hydrogen) atoms. The number of carbonyl (C=O) groups is 1. The summed E-state index contributed by atoms with van der Waals surface area (Å²) in [5, 5.41) is 16.9. The lowest BCUT2D eigenvalue weighted by molar-refractivity contribution is -0.385. The molecule has 2 N–H and O–H groups in total. The van der Waals surface area contributed by atoms with Crippen molar-refractivity contribution in [3.63, 3.8) is 0 Å². The maximum absolute atomic E-state index is 12.5. The molecule has 0 aliphatic heterocycles. The lowest BCUT2D eigenvalue weighted by atomic mass is 10.1. The molecule has 8 heteroatoms. The number of nitrogens with one attached hydrogen (secondary N) is 2. The Bertz CT molecular complexity index is 959. The summed E-state index contributed by atoms with van der Waals surface area (Å²) in [4.78, 5) is 27.2. The summed E-state index contributed by atoms with van der Waals surface area (Å²) in [6.07, 6.45) is 1.47.